The summed E-state index contributed by atoms with van der Waals surface area (Å²) in [4.78, 5) is 16.2. The number of rotatable bonds is 7. The SMILES string of the molecule is COc1ncc(-c2ccc3c(c2)C2=C(c4ncc(CN5C[C@@H](C)O[C@@H](C)C5)o4)C=CCC2=N3)cc1NS(C)(=O)=O. The van der Waals surface area contributed by atoms with Crippen LogP contribution in [0.25, 0.3) is 22.3 Å². The molecule has 1 N–H and O–H groups in total. The Bertz CT molecular complexity index is 1660. The molecule has 11 heteroatoms. The van der Waals surface area contributed by atoms with Crippen LogP contribution >= 0.6 is 0 Å². The highest BCUT2D eigenvalue weighted by Crippen LogP contribution is 2.44. The van der Waals surface area contributed by atoms with Gasteiger partial charge in [0.15, 0.2) is 0 Å². The molecule has 1 aromatic carbocycles. The maximum Gasteiger partial charge on any atom is 0.238 e. The van der Waals surface area contributed by atoms with Gasteiger partial charge in [-0.05, 0) is 37.6 Å². The Labute approximate surface area is 233 Å². The summed E-state index contributed by atoms with van der Waals surface area (Å²) in [6.45, 7) is 6.55. The van der Waals surface area contributed by atoms with E-state index in [0.717, 1.165) is 64.3 Å². The molecule has 0 spiro atoms. The molecule has 2 aliphatic heterocycles. The topological polar surface area (TPSA) is 119 Å². The molecule has 1 fully saturated rings. The monoisotopic (exact) mass is 561 g/mol. The molecule has 0 amide bonds. The van der Waals surface area contributed by atoms with Crippen LogP contribution in [0.2, 0.25) is 0 Å². The van der Waals surface area contributed by atoms with Crippen LogP contribution in [-0.4, -0.2) is 67.7 Å². The molecule has 208 valence electrons. The summed E-state index contributed by atoms with van der Waals surface area (Å²) < 4.78 is 43.7. The van der Waals surface area contributed by atoms with Crippen molar-refractivity contribution in [3.63, 3.8) is 0 Å². The van der Waals surface area contributed by atoms with Gasteiger partial charge >= 0.3 is 0 Å². The second-order valence-electron chi connectivity index (χ2n) is 10.4. The van der Waals surface area contributed by atoms with Crippen LogP contribution in [-0.2, 0) is 21.3 Å². The van der Waals surface area contributed by atoms with Crippen molar-refractivity contribution in [1.82, 2.24) is 14.9 Å². The smallest absolute Gasteiger partial charge is 0.238 e. The molecule has 0 bridgehead atoms. The molecular weight excluding hydrogens is 530 g/mol. The molecule has 4 heterocycles. The van der Waals surface area contributed by atoms with Gasteiger partial charge in [0.1, 0.15) is 11.4 Å². The number of nitrogens with one attached hydrogen (secondary N) is 1. The number of allylic oxidation sites excluding steroid dienone is 4. The van der Waals surface area contributed by atoms with Crippen molar-refractivity contribution in [2.24, 2.45) is 4.99 Å². The number of methoxy groups -OCH3 is 1. The van der Waals surface area contributed by atoms with Crippen molar-refractivity contribution < 1.29 is 22.3 Å². The number of hydrogen-bond donors (Lipinski definition) is 1. The van der Waals surface area contributed by atoms with Crippen LogP contribution in [0.15, 0.2) is 58.2 Å². The standard InChI is InChI=1S/C29H31N5O5S/c1-17-14-34(15-18(2)38-17)16-21-13-31-28(39-21)22-6-5-7-25-27(22)23-10-19(8-9-24(23)32-25)20-11-26(33-40(4,35)36)29(37-3)30-12-20/h5-6,8-13,17-18,33H,7,14-16H2,1-4H3/t17-,18+. The summed E-state index contributed by atoms with van der Waals surface area (Å²) in [7, 11) is -2.07. The zero-order valence-corrected chi connectivity index (χ0v) is 23.7. The Morgan fingerprint density at radius 3 is 2.65 bits per heavy atom. The summed E-state index contributed by atoms with van der Waals surface area (Å²) in [6, 6.07) is 7.69. The Morgan fingerprint density at radius 1 is 1.10 bits per heavy atom. The largest absolute Gasteiger partial charge is 0.480 e. The highest BCUT2D eigenvalue weighted by Gasteiger charge is 2.29. The molecule has 0 unspecified atom stereocenters. The van der Waals surface area contributed by atoms with E-state index in [9.17, 15) is 8.42 Å². The van der Waals surface area contributed by atoms with Gasteiger partial charge in [-0.2, -0.15) is 0 Å². The van der Waals surface area contributed by atoms with Gasteiger partial charge in [-0.25, -0.2) is 18.4 Å². The first-order chi connectivity index (χ1) is 19.2. The Hall–Kier alpha value is -3.80. The van der Waals surface area contributed by atoms with Crippen molar-refractivity contribution in [2.45, 2.75) is 39.0 Å². The summed E-state index contributed by atoms with van der Waals surface area (Å²) in [5.41, 5.74) is 6.57. The first kappa shape index (κ1) is 26.4. The quantitative estimate of drug-likeness (QED) is 0.442. The number of oxazole rings is 1. The molecule has 10 nitrogen and oxygen atoms in total. The van der Waals surface area contributed by atoms with Crippen molar-refractivity contribution in [2.75, 3.05) is 31.2 Å². The van der Waals surface area contributed by atoms with Gasteiger partial charge in [0, 0.05) is 48.0 Å². The zero-order chi connectivity index (χ0) is 28.0. The summed E-state index contributed by atoms with van der Waals surface area (Å²) >= 11 is 0. The third-order valence-electron chi connectivity index (χ3n) is 7.01. The van der Waals surface area contributed by atoms with E-state index in [1.807, 2.05) is 18.2 Å². The third kappa shape index (κ3) is 5.32. The van der Waals surface area contributed by atoms with E-state index < -0.39 is 10.0 Å². The van der Waals surface area contributed by atoms with E-state index in [2.05, 4.69) is 45.6 Å². The van der Waals surface area contributed by atoms with Crippen LogP contribution in [0.1, 0.15) is 37.5 Å². The first-order valence-corrected chi connectivity index (χ1v) is 15.0. The number of nitrogens with zero attached hydrogens (tertiary/aromatic N) is 4. The molecule has 0 saturated carbocycles. The molecular formula is C29H31N5O5S. The van der Waals surface area contributed by atoms with Crippen molar-refractivity contribution in [1.29, 1.82) is 0 Å². The average Bonchev–Trinajstić information content (AvgIpc) is 3.51. The van der Waals surface area contributed by atoms with Gasteiger partial charge in [-0.1, -0.05) is 18.2 Å². The minimum Gasteiger partial charge on any atom is -0.480 e. The molecule has 3 aromatic rings. The lowest BCUT2D eigenvalue weighted by Gasteiger charge is -2.34. The predicted molar refractivity (Wildman–Crippen MR) is 154 cm³/mol. The lowest BCUT2D eigenvalue weighted by molar-refractivity contribution is -0.0718. The van der Waals surface area contributed by atoms with Crippen molar-refractivity contribution >= 4 is 38.3 Å². The maximum atomic E-state index is 11.9. The van der Waals surface area contributed by atoms with E-state index in [4.69, 9.17) is 18.9 Å². The number of ether oxygens (including phenoxy) is 2. The van der Waals surface area contributed by atoms with Crippen LogP contribution in [0, 0.1) is 0 Å². The van der Waals surface area contributed by atoms with Crippen LogP contribution < -0.4 is 9.46 Å². The number of benzene rings is 1. The number of pyridine rings is 1. The number of anilines is 1. The molecule has 1 aliphatic carbocycles. The van der Waals surface area contributed by atoms with Crippen molar-refractivity contribution in [3.8, 4) is 17.0 Å². The fourth-order valence-corrected chi connectivity index (χ4v) is 6.10. The van der Waals surface area contributed by atoms with Gasteiger partial charge in [0.2, 0.25) is 21.8 Å². The normalized spacial score (nSPS) is 20.8. The molecule has 3 aliphatic rings. The highest BCUT2D eigenvalue weighted by atomic mass is 32.2. The first-order valence-electron chi connectivity index (χ1n) is 13.1. The highest BCUT2D eigenvalue weighted by molar-refractivity contribution is 7.92. The number of hydrogen-bond acceptors (Lipinski definition) is 9. The fraction of sp³-hybridized carbons (Fsp3) is 0.345. The van der Waals surface area contributed by atoms with Gasteiger partial charge in [0.25, 0.3) is 0 Å². The second-order valence-corrected chi connectivity index (χ2v) is 12.2. The molecule has 6 rings (SSSR count). The van der Waals surface area contributed by atoms with E-state index in [1.165, 1.54) is 7.11 Å². The number of sulfonamides is 1. The Morgan fingerprint density at radius 2 is 1.90 bits per heavy atom. The molecule has 2 aromatic heterocycles. The van der Waals surface area contributed by atoms with Gasteiger partial charge in [-0.3, -0.25) is 14.6 Å². The zero-order valence-electron chi connectivity index (χ0n) is 22.8. The minimum absolute atomic E-state index is 0.180. The third-order valence-corrected chi connectivity index (χ3v) is 7.60. The minimum atomic E-state index is -3.52. The summed E-state index contributed by atoms with van der Waals surface area (Å²) in [5.74, 6) is 1.57. The molecule has 40 heavy (non-hydrogen) atoms. The summed E-state index contributed by atoms with van der Waals surface area (Å²) in [5, 5.41) is 0. The van der Waals surface area contributed by atoms with E-state index >= 15 is 0 Å². The van der Waals surface area contributed by atoms with Gasteiger partial charge < -0.3 is 13.9 Å². The van der Waals surface area contributed by atoms with Crippen molar-refractivity contribution in [3.05, 3.63) is 66.0 Å². The summed E-state index contributed by atoms with van der Waals surface area (Å²) in [6.07, 6.45) is 9.76. The van der Waals surface area contributed by atoms with E-state index in [-0.39, 0.29) is 23.8 Å². The number of morpholine rings is 1. The molecule has 0 radical (unpaired) electrons. The second kappa shape index (κ2) is 10.3. The number of aliphatic imine (C=N–C) groups is 1. The molecule has 2 atom stereocenters. The fourth-order valence-electron chi connectivity index (χ4n) is 5.55. The predicted octanol–water partition coefficient (Wildman–Crippen LogP) is 4.68. The van der Waals surface area contributed by atoms with Crippen LogP contribution in [0.5, 0.6) is 5.88 Å². The van der Waals surface area contributed by atoms with Crippen LogP contribution in [0.4, 0.5) is 11.4 Å². The lowest BCUT2D eigenvalue weighted by atomic mass is 9.90. The van der Waals surface area contributed by atoms with Gasteiger partial charge in [-0.15, -0.1) is 0 Å². The van der Waals surface area contributed by atoms with E-state index in [1.54, 1.807) is 18.5 Å². The number of fused-ring (bicyclic) bond motifs is 3. The lowest BCUT2D eigenvalue weighted by Crippen LogP contribution is -2.44. The molecule has 1 saturated heterocycles. The Kier molecular flexibility index (Phi) is 6.81. The van der Waals surface area contributed by atoms with E-state index in [0.29, 0.717) is 18.9 Å². The average molecular weight is 562 g/mol. The van der Waals surface area contributed by atoms with Crippen LogP contribution in [0.3, 0.4) is 0 Å². The number of aromatic nitrogens is 2. The Balaban J connectivity index is 1.34. The van der Waals surface area contributed by atoms with Gasteiger partial charge in [0.05, 0.1) is 49.7 Å². The maximum absolute atomic E-state index is 11.9.